The number of aliphatic hydroxyl groups is 1. The number of carboxylic acids is 1. The highest BCUT2D eigenvalue weighted by molar-refractivity contribution is 5.93. The number of methoxy groups -OCH3 is 1. The number of nitrogens with zero attached hydrogens (tertiary/aromatic N) is 1. The first-order chi connectivity index (χ1) is 19.6. The van der Waals surface area contributed by atoms with Crippen LogP contribution in [0.3, 0.4) is 0 Å². The van der Waals surface area contributed by atoms with Gasteiger partial charge in [0.05, 0.1) is 22.7 Å². The molecule has 1 fully saturated rings. The van der Waals surface area contributed by atoms with Crippen LogP contribution in [0.5, 0.6) is 5.95 Å². The van der Waals surface area contributed by atoms with Gasteiger partial charge < -0.3 is 38.0 Å². The number of ether oxygens (including phenoxy) is 4. The van der Waals surface area contributed by atoms with Gasteiger partial charge in [-0.25, -0.2) is 9.59 Å². The van der Waals surface area contributed by atoms with E-state index in [1.165, 1.54) is 44.4 Å². The molecular weight excluding hydrogens is 550 g/mol. The van der Waals surface area contributed by atoms with Crippen LogP contribution in [0, 0.1) is 10.1 Å². The highest BCUT2D eigenvalue weighted by Gasteiger charge is 2.22. The van der Waals surface area contributed by atoms with Crippen LogP contribution in [0.25, 0.3) is 0 Å². The molecule has 1 saturated heterocycles. The standard InChI is InChI=1S/C16H15NO7.C6H4O5.C4H8O2/c1-10(18)13-6-7-14(24-13)16(19)23-9-12-5-3-4-11(8-22-2)15(12)17(20)21;7-3-10-5-2-1-4(11-5)6(8)9;5-4-2-1-3-6-4/h3-7H,8-9H2,1-2H3;1-3H,(H,8,9);4-5H,1-3H2. The van der Waals surface area contributed by atoms with Crippen molar-refractivity contribution in [1.29, 1.82) is 0 Å². The minimum absolute atomic E-state index is 0.0371. The normalized spacial score (nSPS) is 13.6. The molecule has 0 radical (unpaired) electrons. The lowest BCUT2D eigenvalue weighted by Gasteiger charge is -2.08. The highest BCUT2D eigenvalue weighted by atomic mass is 16.6. The molecular formula is C26H27NO14. The Morgan fingerprint density at radius 1 is 1.05 bits per heavy atom. The Hall–Kier alpha value is -4.86. The monoisotopic (exact) mass is 577 g/mol. The molecule has 1 aromatic carbocycles. The fourth-order valence-electron chi connectivity index (χ4n) is 3.23. The van der Waals surface area contributed by atoms with Gasteiger partial charge in [-0.2, -0.15) is 0 Å². The summed E-state index contributed by atoms with van der Waals surface area (Å²) in [6.07, 6.45) is 1.38. The van der Waals surface area contributed by atoms with Gasteiger partial charge in [-0.15, -0.1) is 0 Å². The number of para-hydroxylation sites is 1. The Morgan fingerprint density at radius 3 is 2.17 bits per heavy atom. The maximum Gasteiger partial charge on any atom is 0.374 e. The van der Waals surface area contributed by atoms with Crippen LogP contribution in [0.1, 0.15) is 62.6 Å². The molecule has 3 aromatic rings. The summed E-state index contributed by atoms with van der Waals surface area (Å²) >= 11 is 0. The zero-order valence-corrected chi connectivity index (χ0v) is 22.0. The molecule has 4 rings (SSSR count). The molecule has 15 heteroatoms. The second-order valence-corrected chi connectivity index (χ2v) is 8.02. The first kappa shape index (κ1) is 32.4. The number of hydrogen-bond donors (Lipinski definition) is 2. The van der Waals surface area contributed by atoms with Gasteiger partial charge in [0, 0.05) is 33.1 Å². The Bertz CT molecular complexity index is 1340. The molecule has 0 bridgehead atoms. The summed E-state index contributed by atoms with van der Waals surface area (Å²) in [6, 6.07) is 9.80. The number of furan rings is 2. The highest BCUT2D eigenvalue weighted by Crippen LogP contribution is 2.25. The summed E-state index contributed by atoms with van der Waals surface area (Å²) in [5.41, 5.74) is 0.463. The van der Waals surface area contributed by atoms with Crippen molar-refractivity contribution in [3.8, 4) is 5.95 Å². The number of aromatic carboxylic acids is 1. The van der Waals surface area contributed by atoms with E-state index >= 15 is 0 Å². The van der Waals surface area contributed by atoms with E-state index in [0.29, 0.717) is 5.56 Å². The van der Waals surface area contributed by atoms with Crippen molar-refractivity contribution in [3.63, 3.8) is 0 Å². The number of ketones is 1. The molecule has 0 aliphatic carbocycles. The third-order valence-electron chi connectivity index (χ3n) is 5.06. The predicted molar refractivity (Wildman–Crippen MR) is 135 cm³/mol. The van der Waals surface area contributed by atoms with Gasteiger partial charge in [-0.1, -0.05) is 6.07 Å². The number of Topliss-reactive ketones (excluding diaryl/α,β-unsaturated/α-hetero) is 1. The summed E-state index contributed by atoms with van der Waals surface area (Å²) in [4.78, 5) is 53.7. The number of nitro groups is 1. The van der Waals surface area contributed by atoms with E-state index in [2.05, 4.69) is 9.15 Å². The van der Waals surface area contributed by atoms with Crippen molar-refractivity contribution in [1.82, 2.24) is 0 Å². The summed E-state index contributed by atoms with van der Waals surface area (Å²) in [7, 11) is 1.43. The fourth-order valence-corrected chi connectivity index (χ4v) is 3.23. The number of rotatable bonds is 10. The van der Waals surface area contributed by atoms with Crippen molar-refractivity contribution in [2.75, 3.05) is 13.7 Å². The van der Waals surface area contributed by atoms with E-state index < -0.39 is 23.2 Å². The summed E-state index contributed by atoms with van der Waals surface area (Å²) < 4.78 is 28.5. The summed E-state index contributed by atoms with van der Waals surface area (Å²) in [6.45, 7) is 1.96. The molecule has 1 atom stereocenters. The third-order valence-corrected chi connectivity index (χ3v) is 5.06. The van der Waals surface area contributed by atoms with E-state index in [0.717, 1.165) is 19.4 Å². The number of aliphatic hydroxyl groups excluding tert-OH is 1. The lowest BCUT2D eigenvalue weighted by atomic mass is 10.1. The first-order valence-corrected chi connectivity index (χ1v) is 11.8. The number of carboxylic acid groups (broad SMARTS) is 1. The molecule has 0 amide bonds. The molecule has 2 N–H and O–H groups in total. The van der Waals surface area contributed by atoms with Gasteiger partial charge in [0.25, 0.3) is 11.6 Å². The molecule has 220 valence electrons. The van der Waals surface area contributed by atoms with Crippen LogP contribution in [0.15, 0.2) is 51.3 Å². The molecule has 41 heavy (non-hydrogen) atoms. The van der Waals surface area contributed by atoms with E-state index in [9.17, 15) is 29.3 Å². The van der Waals surface area contributed by atoms with Crippen molar-refractivity contribution in [2.45, 2.75) is 39.3 Å². The van der Waals surface area contributed by atoms with Crippen LogP contribution >= 0.6 is 0 Å². The number of nitro benzene ring substituents is 1. The lowest BCUT2D eigenvalue weighted by molar-refractivity contribution is -0.386. The largest absolute Gasteiger partial charge is 0.475 e. The average Bonchev–Trinajstić information content (AvgIpc) is 3.71. The van der Waals surface area contributed by atoms with E-state index in [1.807, 2.05) is 0 Å². The molecule has 1 aliphatic heterocycles. The number of carbonyl (C=O) groups excluding carboxylic acids is 3. The first-order valence-electron chi connectivity index (χ1n) is 11.8. The molecule has 2 aromatic heterocycles. The van der Waals surface area contributed by atoms with Gasteiger partial charge >= 0.3 is 18.4 Å². The zero-order valence-electron chi connectivity index (χ0n) is 22.0. The molecule has 1 unspecified atom stereocenters. The summed E-state index contributed by atoms with van der Waals surface area (Å²) in [5, 5.41) is 28.1. The molecule has 0 spiro atoms. The number of esters is 1. The number of hydrogen-bond acceptors (Lipinski definition) is 13. The molecule has 0 saturated carbocycles. The van der Waals surface area contributed by atoms with E-state index in [1.54, 1.807) is 12.1 Å². The van der Waals surface area contributed by atoms with Crippen molar-refractivity contribution in [3.05, 3.63) is 81.0 Å². The number of carbonyl (C=O) groups is 4. The van der Waals surface area contributed by atoms with Crippen LogP contribution in [-0.4, -0.2) is 59.3 Å². The maximum atomic E-state index is 11.9. The minimum Gasteiger partial charge on any atom is -0.475 e. The van der Waals surface area contributed by atoms with Crippen LogP contribution in [0.4, 0.5) is 5.69 Å². The number of benzene rings is 1. The predicted octanol–water partition coefficient (Wildman–Crippen LogP) is 3.52. The van der Waals surface area contributed by atoms with Crippen LogP contribution in [-0.2, 0) is 32.2 Å². The Kier molecular flexibility index (Phi) is 12.9. The quantitative estimate of drug-likeness (QED) is 0.116. The molecule has 3 heterocycles. The van der Waals surface area contributed by atoms with Gasteiger partial charge in [0.15, 0.2) is 17.8 Å². The maximum absolute atomic E-state index is 11.9. The van der Waals surface area contributed by atoms with Gasteiger partial charge in [-0.3, -0.25) is 19.7 Å². The van der Waals surface area contributed by atoms with Crippen molar-refractivity contribution in [2.24, 2.45) is 0 Å². The molecule has 15 nitrogen and oxygen atoms in total. The Balaban J connectivity index is 0.000000281. The third kappa shape index (κ3) is 10.3. The molecule has 1 aliphatic rings. The summed E-state index contributed by atoms with van der Waals surface area (Å²) in [5.74, 6) is -2.83. The van der Waals surface area contributed by atoms with Crippen LogP contribution in [0.2, 0.25) is 0 Å². The average molecular weight is 577 g/mol. The van der Waals surface area contributed by atoms with Crippen molar-refractivity contribution < 1.29 is 62.1 Å². The zero-order chi connectivity index (χ0) is 30.4. The van der Waals surface area contributed by atoms with Crippen molar-refractivity contribution >= 4 is 29.9 Å². The Morgan fingerprint density at radius 2 is 1.71 bits per heavy atom. The van der Waals surface area contributed by atoms with Gasteiger partial charge in [0.1, 0.15) is 6.61 Å². The second kappa shape index (κ2) is 16.3. The fraction of sp³-hybridized carbons (Fsp3) is 0.308. The van der Waals surface area contributed by atoms with Gasteiger partial charge in [0.2, 0.25) is 11.5 Å². The van der Waals surface area contributed by atoms with Gasteiger partial charge in [-0.05, 0) is 36.8 Å². The SMILES string of the molecule is COCc1cccc(COC(=O)c2ccc(C(C)=O)o2)c1[N+](=O)[O-].O=COc1ccc(C(=O)O)o1.OC1CCCO1. The smallest absolute Gasteiger partial charge is 0.374 e. The van der Waals surface area contributed by atoms with E-state index in [4.69, 9.17) is 28.8 Å². The lowest BCUT2D eigenvalue weighted by Crippen LogP contribution is -2.07. The van der Waals surface area contributed by atoms with E-state index in [-0.39, 0.29) is 59.9 Å². The Labute approximate surface area is 232 Å². The van der Waals surface area contributed by atoms with Crippen LogP contribution < -0.4 is 4.74 Å². The minimum atomic E-state index is -1.20. The second-order valence-electron chi connectivity index (χ2n) is 8.02. The topological polar surface area (TPSA) is 215 Å².